The molecule has 0 radical (unpaired) electrons. The van der Waals surface area contributed by atoms with Gasteiger partial charge in [0.05, 0.1) is 18.3 Å². The molecule has 2 spiro atoms. The predicted octanol–water partition coefficient (Wildman–Crippen LogP) is 5.19. The molecule has 11 heteroatoms. The number of Topliss-reactive ketones (excluding diaryl/α,β-unsaturated/α-hetero) is 2. The number of nitrogens with two attached hydrogens (primary N) is 1. The second-order valence-corrected chi connectivity index (χ2v) is 18.7. The number of carbonyl (C=O) groups excluding carboxylic acids is 5. The lowest BCUT2D eigenvalue weighted by atomic mass is 9.73. The summed E-state index contributed by atoms with van der Waals surface area (Å²) in [6.45, 7) is 10.9. The summed E-state index contributed by atoms with van der Waals surface area (Å²) in [5, 5.41) is 13.8. The zero-order valence-corrected chi connectivity index (χ0v) is 32.0. The molecule has 52 heavy (non-hydrogen) atoms. The average molecular weight is 720 g/mol. The fourth-order valence-electron chi connectivity index (χ4n) is 11.1. The van der Waals surface area contributed by atoms with E-state index >= 15 is 4.79 Å². The van der Waals surface area contributed by atoms with Gasteiger partial charge in [-0.2, -0.15) is 0 Å². The van der Waals surface area contributed by atoms with Crippen LogP contribution in [0.25, 0.3) is 0 Å². The Kier molecular flexibility index (Phi) is 10.8. The van der Waals surface area contributed by atoms with Gasteiger partial charge in [-0.1, -0.05) is 79.6 Å². The maximum absolute atomic E-state index is 15.1. The van der Waals surface area contributed by atoms with E-state index in [4.69, 9.17) is 5.73 Å². The van der Waals surface area contributed by atoms with E-state index in [1.165, 1.54) is 18.6 Å². The van der Waals surface area contributed by atoms with Crippen molar-refractivity contribution >= 4 is 29.3 Å². The van der Waals surface area contributed by atoms with Gasteiger partial charge < -0.3 is 21.1 Å². The van der Waals surface area contributed by atoms with Crippen molar-refractivity contribution in [2.24, 2.45) is 51.1 Å². The van der Waals surface area contributed by atoms with Crippen LogP contribution in [0.2, 0.25) is 0 Å². The van der Waals surface area contributed by atoms with Crippen molar-refractivity contribution in [3.05, 3.63) is 24.3 Å². The van der Waals surface area contributed by atoms with Gasteiger partial charge in [-0.25, -0.2) is 4.98 Å². The van der Waals surface area contributed by atoms with E-state index in [0.29, 0.717) is 25.3 Å². The Labute approximate surface area is 309 Å². The number of amides is 3. The number of carbonyl (C=O) groups is 5. The van der Waals surface area contributed by atoms with Crippen LogP contribution < -0.4 is 11.1 Å². The Morgan fingerprint density at radius 1 is 0.962 bits per heavy atom. The molecule has 286 valence electrons. The molecule has 3 unspecified atom stereocenters. The number of hydrogen-bond acceptors (Lipinski definition) is 8. The van der Waals surface area contributed by atoms with Crippen molar-refractivity contribution in [3.63, 3.8) is 0 Å². The minimum Gasteiger partial charge on any atom is -0.383 e. The Bertz CT molecular complexity index is 1530. The van der Waals surface area contributed by atoms with Crippen molar-refractivity contribution < 1.29 is 29.1 Å². The summed E-state index contributed by atoms with van der Waals surface area (Å²) < 4.78 is 0. The van der Waals surface area contributed by atoms with Crippen LogP contribution >= 0.6 is 0 Å². The normalized spacial score (nSPS) is 27.6. The van der Waals surface area contributed by atoms with Gasteiger partial charge in [0.25, 0.3) is 5.91 Å². The second-order valence-electron chi connectivity index (χ2n) is 18.7. The number of aliphatic hydroxyl groups excluding tert-OH is 1. The molecule has 6 atom stereocenters. The van der Waals surface area contributed by atoms with E-state index < -0.39 is 47.3 Å². The molecule has 1 aromatic heterocycles. The highest BCUT2D eigenvalue weighted by atomic mass is 16.3. The van der Waals surface area contributed by atoms with Crippen molar-refractivity contribution in [2.75, 3.05) is 6.54 Å². The van der Waals surface area contributed by atoms with Gasteiger partial charge in [-0.05, 0) is 66.6 Å². The van der Waals surface area contributed by atoms with Gasteiger partial charge in [0.15, 0.2) is 11.6 Å². The standard InChI is InChI=1S/C41H61N5O6/c1-38(2,3)28(21-32(48)33(26-13-7-6-8-14-26)45-36(51)29-23-43-17-18-44-29)37(52)46-24-41(39(4,5)40(41)15-10-16-40)22-30(46)31(47)20-27(34(49)35(42)50)19-25-11-9-12-25/h17-18,23,25-28,30,33-34,49H,6-16,19-22,24H2,1-5H3,(H2,42,50)(H,45,51)/t27?,28-,30+,33+,34?,41?/m1/s1. The molecule has 4 aliphatic carbocycles. The number of likely N-dealkylation sites (tertiary alicyclic amines) is 1. The molecule has 4 N–H and O–H groups in total. The zero-order valence-electron chi connectivity index (χ0n) is 32.0. The van der Waals surface area contributed by atoms with Gasteiger partial charge in [-0.3, -0.25) is 29.0 Å². The molecular weight excluding hydrogens is 658 g/mol. The topological polar surface area (TPSA) is 173 Å². The smallest absolute Gasteiger partial charge is 0.272 e. The number of aromatic nitrogens is 2. The SMILES string of the molecule is CC(C)(C)[C@H](CC(=O)[C@@H](NC(=O)c1cnccn1)C1CCCCC1)C(=O)N1CC2(C[C@H]1C(=O)CC(CC1CCC1)C(O)C(N)=O)C(C)(C)C21CCC1. The van der Waals surface area contributed by atoms with E-state index in [-0.39, 0.29) is 58.2 Å². The first-order valence-electron chi connectivity index (χ1n) is 19.9. The maximum Gasteiger partial charge on any atom is 0.272 e. The molecule has 2 heterocycles. The van der Waals surface area contributed by atoms with Gasteiger partial charge in [0.2, 0.25) is 11.8 Å². The second kappa shape index (κ2) is 14.6. The lowest BCUT2D eigenvalue weighted by Crippen LogP contribution is -2.51. The summed E-state index contributed by atoms with van der Waals surface area (Å²) in [5.41, 5.74) is 4.91. The Balaban J connectivity index is 1.27. The molecule has 1 aliphatic heterocycles. The summed E-state index contributed by atoms with van der Waals surface area (Å²) in [5.74, 6) is -2.83. The molecule has 11 nitrogen and oxygen atoms in total. The molecule has 1 saturated heterocycles. The number of nitrogens with one attached hydrogen (secondary N) is 1. The number of primary amides is 1. The van der Waals surface area contributed by atoms with E-state index in [1.54, 1.807) is 4.90 Å². The quantitative estimate of drug-likeness (QED) is 0.236. The monoisotopic (exact) mass is 719 g/mol. The van der Waals surface area contributed by atoms with Crippen molar-refractivity contribution in [1.29, 1.82) is 0 Å². The lowest BCUT2D eigenvalue weighted by Gasteiger charge is -2.37. The molecule has 3 amide bonds. The predicted molar refractivity (Wildman–Crippen MR) is 195 cm³/mol. The number of rotatable bonds is 14. The number of aliphatic hydroxyl groups is 1. The summed E-state index contributed by atoms with van der Waals surface area (Å²) in [4.78, 5) is 79.5. The molecule has 0 bridgehead atoms. The highest BCUT2D eigenvalue weighted by Gasteiger charge is 2.85. The van der Waals surface area contributed by atoms with Crippen LogP contribution in [0.15, 0.2) is 18.6 Å². The number of ketones is 2. The van der Waals surface area contributed by atoms with Crippen LogP contribution in [0.1, 0.15) is 141 Å². The highest BCUT2D eigenvalue weighted by Crippen LogP contribution is 2.88. The van der Waals surface area contributed by atoms with E-state index in [1.807, 2.05) is 20.8 Å². The van der Waals surface area contributed by atoms with Gasteiger partial charge in [0.1, 0.15) is 11.8 Å². The first-order valence-corrected chi connectivity index (χ1v) is 19.9. The van der Waals surface area contributed by atoms with Crippen LogP contribution in [0, 0.1) is 45.3 Å². The van der Waals surface area contributed by atoms with Gasteiger partial charge in [0, 0.05) is 49.0 Å². The first kappa shape index (κ1) is 38.5. The summed E-state index contributed by atoms with van der Waals surface area (Å²) in [6, 6.07) is -1.47. The molecule has 5 aliphatic rings. The zero-order chi connectivity index (χ0) is 37.6. The average Bonchev–Trinajstić information content (AvgIpc) is 3.28. The van der Waals surface area contributed by atoms with Crippen molar-refractivity contribution in [2.45, 2.75) is 149 Å². The Morgan fingerprint density at radius 2 is 1.65 bits per heavy atom. The molecule has 4 saturated carbocycles. The highest BCUT2D eigenvalue weighted by molar-refractivity contribution is 5.98. The molecule has 1 aromatic rings. The largest absolute Gasteiger partial charge is 0.383 e. The lowest BCUT2D eigenvalue weighted by molar-refractivity contribution is -0.147. The van der Waals surface area contributed by atoms with Gasteiger partial charge >= 0.3 is 0 Å². The third kappa shape index (κ3) is 6.84. The molecule has 5 fully saturated rings. The fourth-order valence-corrected chi connectivity index (χ4v) is 11.1. The minimum absolute atomic E-state index is 0.0180. The Morgan fingerprint density at radius 3 is 2.17 bits per heavy atom. The van der Waals surface area contributed by atoms with E-state index in [9.17, 15) is 24.3 Å². The van der Waals surface area contributed by atoms with E-state index in [0.717, 1.165) is 70.6 Å². The summed E-state index contributed by atoms with van der Waals surface area (Å²) in [6.07, 6.45) is 15.0. The number of nitrogens with zero attached hydrogens (tertiary/aromatic N) is 3. The summed E-state index contributed by atoms with van der Waals surface area (Å²) >= 11 is 0. The van der Waals surface area contributed by atoms with Crippen LogP contribution in [0.4, 0.5) is 0 Å². The number of hydrogen-bond donors (Lipinski definition) is 3. The Hall–Kier alpha value is -3.21. The summed E-state index contributed by atoms with van der Waals surface area (Å²) in [7, 11) is 0. The molecule has 0 aromatic carbocycles. The van der Waals surface area contributed by atoms with Crippen LogP contribution in [-0.2, 0) is 19.2 Å². The van der Waals surface area contributed by atoms with E-state index in [2.05, 4.69) is 29.1 Å². The third-order valence-corrected chi connectivity index (χ3v) is 14.8. The number of fused-ring (bicyclic) bond motifs is 1. The maximum atomic E-state index is 15.1. The molecular formula is C41H61N5O6. The third-order valence-electron chi connectivity index (χ3n) is 14.8. The van der Waals surface area contributed by atoms with Crippen molar-refractivity contribution in [1.82, 2.24) is 20.2 Å². The van der Waals surface area contributed by atoms with Crippen LogP contribution in [-0.4, -0.2) is 74.0 Å². The van der Waals surface area contributed by atoms with Crippen LogP contribution in [0.5, 0.6) is 0 Å². The molecule has 6 rings (SSSR count). The van der Waals surface area contributed by atoms with Crippen LogP contribution in [0.3, 0.4) is 0 Å². The first-order chi connectivity index (χ1) is 24.5. The van der Waals surface area contributed by atoms with Gasteiger partial charge in [-0.15, -0.1) is 0 Å². The van der Waals surface area contributed by atoms with Crippen molar-refractivity contribution in [3.8, 4) is 0 Å². The fraction of sp³-hybridized carbons (Fsp3) is 0.780. The minimum atomic E-state index is -1.42.